The number of nitrogens with zero attached hydrogens (tertiary/aromatic N) is 2. The summed E-state index contributed by atoms with van der Waals surface area (Å²) >= 11 is 6.46. The molecule has 4 nitrogen and oxygen atoms in total. The highest BCUT2D eigenvalue weighted by atomic mass is 35.5. The van der Waals surface area contributed by atoms with Crippen molar-refractivity contribution in [2.45, 2.75) is 6.92 Å². The van der Waals surface area contributed by atoms with Crippen LogP contribution in [0.3, 0.4) is 0 Å². The van der Waals surface area contributed by atoms with Gasteiger partial charge in [0.1, 0.15) is 0 Å². The zero-order chi connectivity index (χ0) is 16.9. The number of amides is 1. The molecule has 3 rings (SSSR count). The molecule has 0 unspecified atom stereocenters. The van der Waals surface area contributed by atoms with E-state index in [9.17, 15) is 4.79 Å². The molecule has 1 saturated heterocycles. The number of rotatable bonds is 4. The topological polar surface area (TPSA) is 35.6 Å². The Labute approximate surface area is 148 Å². The van der Waals surface area contributed by atoms with Gasteiger partial charge in [0.15, 0.2) is 0 Å². The number of nitrogens with one attached hydrogen (secondary N) is 1. The molecule has 2 aromatic rings. The molecule has 0 spiro atoms. The van der Waals surface area contributed by atoms with Crippen LogP contribution in [0.25, 0.3) is 0 Å². The number of benzene rings is 2. The highest BCUT2D eigenvalue weighted by Crippen LogP contribution is 2.34. The van der Waals surface area contributed by atoms with Crippen LogP contribution in [0.1, 0.15) is 17.3 Å². The first-order valence-electron chi connectivity index (χ1n) is 8.31. The SMILES string of the molecule is CCN1CCN(c2c(Cl)cccc2NC(=O)c2ccccc2)CC1. The number of hydrogen-bond donors (Lipinski definition) is 1. The molecule has 5 heteroatoms. The van der Waals surface area contributed by atoms with Crippen LogP contribution >= 0.6 is 11.6 Å². The number of piperazine rings is 1. The number of para-hydroxylation sites is 1. The molecule has 1 fully saturated rings. The summed E-state index contributed by atoms with van der Waals surface area (Å²) in [7, 11) is 0. The lowest BCUT2D eigenvalue weighted by molar-refractivity contribution is 0.102. The van der Waals surface area contributed by atoms with Crippen molar-refractivity contribution < 1.29 is 4.79 Å². The van der Waals surface area contributed by atoms with Crippen LogP contribution in [0.4, 0.5) is 11.4 Å². The highest BCUT2D eigenvalue weighted by Gasteiger charge is 2.21. The molecule has 0 aliphatic carbocycles. The summed E-state index contributed by atoms with van der Waals surface area (Å²) in [6.07, 6.45) is 0. The van der Waals surface area contributed by atoms with Crippen LogP contribution in [-0.2, 0) is 0 Å². The summed E-state index contributed by atoms with van der Waals surface area (Å²) in [5, 5.41) is 3.68. The van der Waals surface area contributed by atoms with Gasteiger partial charge in [0.2, 0.25) is 0 Å². The second kappa shape index (κ2) is 7.69. The molecule has 1 heterocycles. The number of hydrogen-bond acceptors (Lipinski definition) is 3. The van der Waals surface area contributed by atoms with E-state index in [0.717, 1.165) is 44.1 Å². The zero-order valence-electron chi connectivity index (χ0n) is 13.8. The van der Waals surface area contributed by atoms with Crippen LogP contribution < -0.4 is 10.2 Å². The second-order valence-electron chi connectivity index (χ2n) is 5.88. The molecule has 1 amide bonds. The van der Waals surface area contributed by atoms with E-state index in [-0.39, 0.29) is 5.91 Å². The van der Waals surface area contributed by atoms with Crippen molar-refractivity contribution in [3.05, 3.63) is 59.1 Å². The van der Waals surface area contributed by atoms with Gasteiger partial charge in [-0.1, -0.05) is 42.8 Å². The van der Waals surface area contributed by atoms with Crippen LogP contribution in [0.15, 0.2) is 48.5 Å². The highest BCUT2D eigenvalue weighted by molar-refractivity contribution is 6.34. The summed E-state index contributed by atoms with van der Waals surface area (Å²) in [5.74, 6) is -0.119. The second-order valence-corrected chi connectivity index (χ2v) is 6.28. The van der Waals surface area contributed by atoms with Crippen molar-refractivity contribution in [3.63, 3.8) is 0 Å². The van der Waals surface area contributed by atoms with E-state index in [4.69, 9.17) is 11.6 Å². The molecule has 1 aliphatic heterocycles. The molecular weight excluding hydrogens is 322 g/mol. The average Bonchev–Trinajstić information content (AvgIpc) is 2.63. The van der Waals surface area contributed by atoms with E-state index >= 15 is 0 Å². The lowest BCUT2D eigenvalue weighted by Gasteiger charge is -2.36. The molecule has 1 N–H and O–H groups in total. The smallest absolute Gasteiger partial charge is 0.255 e. The normalized spacial score (nSPS) is 15.3. The van der Waals surface area contributed by atoms with Gasteiger partial charge in [-0.05, 0) is 30.8 Å². The van der Waals surface area contributed by atoms with Crippen LogP contribution in [0.2, 0.25) is 5.02 Å². The minimum absolute atomic E-state index is 0.119. The first kappa shape index (κ1) is 16.8. The fourth-order valence-electron chi connectivity index (χ4n) is 3.01. The van der Waals surface area contributed by atoms with Gasteiger partial charge in [-0.15, -0.1) is 0 Å². The van der Waals surface area contributed by atoms with Gasteiger partial charge in [0.05, 0.1) is 16.4 Å². The van der Waals surface area contributed by atoms with Crippen molar-refractivity contribution in [2.24, 2.45) is 0 Å². The van der Waals surface area contributed by atoms with Crippen LogP contribution in [0, 0.1) is 0 Å². The van der Waals surface area contributed by atoms with E-state index in [1.54, 1.807) is 12.1 Å². The van der Waals surface area contributed by atoms with Gasteiger partial charge < -0.3 is 15.1 Å². The largest absolute Gasteiger partial charge is 0.366 e. The van der Waals surface area contributed by atoms with Gasteiger partial charge in [0.25, 0.3) is 5.91 Å². The first-order valence-corrected chi connectivity index (χ1v) is 8.69. The summed E-state index contributed by atoms with van der Waals surface area (Å²) in [4.78, 5) is 17.1. The van der Waals surface area contributed by atoms with Gasteiger partial charge in [0, 0.05) is 31.7 Å². The lowest BCUT2D eigenvalue weighted by Crippen LogP contribution is -2.46. The molecule has 0 atom stereocenters. The van der Waals surface area contributed by atoms with E-state index in [1.165, 1.54) is 0 Å². The number of carbonyl (C=O) groups excluding carboxylic acids is 1. The minimum atomic E-state index is -0.119. The number of anilines is 2. The Bertz CT molecular complexity index is 697. The van der Waals surface area contributed by atoms with Crippen molar-refractivity contribution in [2.75, 3.05) is 42.9 Å². The maximum absolute atomic E-state index is 12.5. The summed E-state index contributed by atoms with van der Waals surface area (Å²) in [5.41, 5.74) is 2.32. The van der Waals surface area contributed by atoms with Gasteiger partial charge in [-0.2, -0.15) is 0 Å². The molecular formula is C19H22ClN3O. The van der Waals surface area contributed by atoms with E-state index in [2.05, 4.69) is 22.0 Å². The maximum atomic E-state index is 12.5. The van der Waals surface area contributed by atoms with Gasteiger partial charge >= 0.3 is 0 Å². The third-order valence-corrected chi connectivity index (χ3v) is 4.71. The molecule has 0 saturated carbocycles. The van der Waals surface area contributed by atoms with Crippen molar-refractivity contribution >= 4 is 28.9 Å². The molecule has 1 aliphatic rings. The molecule has 24 heavy (non-hydrogen) atoms. The number of carbonyl (C=O) groups is 1. The van der Waals surface area contributed by atoms with Crippen LogP contribution in [-0.4, -0.2) is 43.5 Å². The Balaban J connectivity index is 1.82. The molecule has 126 valence electrons. The average molecular weight is 344 g/mol. The van der Waals surface area contributed by atoms with Gasteiger partial charge in [-0.25, -0.2) is 0 Å². The standard InChI is InChI=1S/C19H22ClN3O/c1-2-22-11-13-23(14-12-22)18-16(20)9-6-10-17(18)21-19(24)15-7-4-3-5-8-15/h3-10H,2,11-14H2,1H3,(H,21,24). The van der Waals surface area contributed by atoms with Crippen LogP contribution in [0.5, 0.6) is 0 Å². The predicted octanol–water partition coefficient (Wildman–Crippen LogP) is 3.73. The van der Waals surface area contributed by atoms with E-state index in [0.29, 0.717) is 10.6 Å². The number of halogens is 1. The predicted molar refractivity (Wildman–Crippen MR) is 100 cm³/mol. The molecule has 2 aromatic carbocycles. The minimum Gasteiger partial charge on any atom is -0.366 e. The fraction of sp³-hybridized carbons (Fsp3) is 0.316. The van der Waals surface area contributed by atoms with E-state index in [1.807, 2.05) is 36.4 Å². The van der Waals surface area contributed by atoms with Crippen molar-refractivity contribution in [3.8, 4) is 0 Å². The zero-order valence-corrected chi connectivity index (χ0v) is 14.6. The third kappa shape index (κ3) is 3.71. The monoisotopic (exact) mass is 343 g/mol. The molecule has 0 aromatic heterocycles. The molecule has 0 bridgehead atoms. The Morgan fingerprint density at radius 1 is 1.04 bits per heavy atom. The Morgan fingerprint density at radius 3 is 2.42 bits per heavy atom. The summed E-state index contributed by atoms with van der Waals surface area (Å²) in [6.45, 7) is 7.07. The van der Waals surface area contributed by atoms with Crippen molar-refractivity contribution in [1.29, 1.82) is 0 Å². The van der Waals surface area contributed by atoms with E-state index < -0.39 is 0 Å². The first-order chi connectivity index (χ1) is 11.7. The van der Waals surface area contributed by atoms with Crippen molar-refractivity contribution in [1.82, 2.24) is 4.90 Å². The third-order valence-electron chi connectivity index (χ3n) is 4.41. The summed E-state index contributed by atoms with van der Waals surface area (Å²) < 4.78 is 0. The fourth-order valence-corrected chi connectivity index (χ4v) is 3.30. The van der Waals surface area contributed by atoms with Gasteiger partial charge in [-0.3, -0.25) is 4.79 Å². The Morgan fingerprint density at radius 2 is 1.75 bits per heavy atom. The Hall–Kier alpha value is -2.04. The Kier molecular flexibility index (Phi) is 5.38. The maximum Gasteiger partial charge on any atom is 0.255 e. The quantitative estimate of drug-likeness (QED) is 0.918. The summed E-state index contributed by atoms with van der Waals surface area (Å²) in [6, 6.07) is 14.9. The number of likely N-dealkylation sites (N-methyl/N-ethyl adjacent to an activating group) is 1. The lowest BCUT2D eigenvalue weighted by atomic mass is 10.1. The molecule has 0 radical (unpaired) electrons.